The van der Waals surface area contributed by atoms with E-state index in [1.807, 2.05) is 6.07 Å². The molecule has 0 unspecified atom stereocenters. The van der Waals surface area contributed by atoms with Crippen LogP contribution in [-0.4, -0.2) is 46.0 Å². The minimum absolute atomic E-state index is 0.0712. The van der Waals surface area contributed by atoms with Gasteiger partial charge in [0.1, 0.15) is 10.4 Å². The van der Waals surface area contributed by atoms with Gasteiger partial charge >= 0.3 is 5.97 Å². The van der Waals surface area contributed by atoms with Gasteiger partial charge in [-0.3, -0.25) is 9.59 Å². The number of likely N-dealkylation sites (tertiary alicyclic amines) is 1. The molecule has 6 nitrogen and oxygen atoms in total. The number of amides is 1. The van der Waals surface area contributed by atoms with Crippen LogP contribution in [0.25, 0.3) is 0 Å². The molecule has 1 saturated heterocycles. The van der Waals surface area contributed by atoms with Gasteiger partial charge in [0.05, 0.1) is 17.0 Å². The molecule has 1 fully saturated rings. The maximum atomic E-state index is 12.1. The van der Waals surface area contributed by atoms with Gasteiger partial charge in [0.2, 0.25) is 0 Å². The van der Waals surface area contributed by atoms with Crippen LogP contribution in [0.4, 0.5) is 5.69 Å². The van der Waals surface area contributed by atoms with E-state index in [4.69, 9.17) is 22.2 Å². The van der Waals surface area contributed by atoms with Crippen molar-refractivity contribution in [2.75, 3.05) is 24.2 Å². The Morgan fingerprint density at radius 2 is 2.08 bits per heavy atom. The predicted octanol–water partition coefficient (Wildman–Crippen LogP) is 2.54. The van der Waals surface area contributed by atoms with Gasteiger partial charge in [-0.25, -0.2) is 0 Å². The highest BCUT2D eigenvalue weighted by molar-refractivity contribution is 8.23. The van der Waals surface area contributed by atoms with Crippen molar-refractivity contribution in [2.45, 2.75) is 25.9 Å². The summed E-state index contributed by atoms with van der Waals surface area (Å²) in [5.41, 5.74) is 0.739. The number of hydrogen-bond acceptors (Lipinski definition) is 6. The first kappa shape index (κ1) is 19.2. The van der Waals surface area contributed by atoms with Crippen LogP contribution in [0, 0.1) is 11.3 Å². The highest BCUT2D eigenvalue weighted by atomic mass is 32.2. The first-order chi connectivity index (χ1) is 12.0. The molecular weight excluding hydrogens is 358 g/mol. The van der Waals surface area contributed by atoms with E-state index in [0.717, 1.165) is 25.9 Å². The summed E-state index contributed by atoms with van der Waals surface area (Å²) in [5.74, 6) is -0.909. The number of ether oxygens (including phenoxy) is 1. The van der Waals surface area contributed by atoms with Crippen molar-refractivity contribution in [1.82, 2.24) is 4.90 Å². The lowest BCUT2D eigenvalue weighted by Crippen LogP contribution is -2.31. The third kappa shape index (κ3) is 5.73. The molecule has 1 atom stereocenters. The second-order valence-electron chi connectivity index (χ2n) is 5.53. The number of thiocarbonyl (C=S) groups is 1. The standard InChI is InChI=1S/C17H19N3O3S2/c1-12(16(22)19-14-7-3-2-6-13(14)10-18)23-15(21)11-25-17(24)20-8-4-5-9-20/h2-3,6-7,12H,4-5,8-9,11H2,1H3,(H,19,22)/t12-/m0/s1. The molecule has 1 aromatic carbocycles. The molecule has 25 heavy (non-hydrogen) atoms. The Balaban J connectivity index is 1.79. The number of carbonyl (C=O) groups excluding carboxylic acids is 2. The SMILES string of the molecule is C[C@H](OC(=O)CSC(=S)N1CCCC1)C(=O)Nc1ccccc1C#N. The fourth-order valence-electron chi connectivity index (χ4n) is 2.32. The zero-order chi connectivity index (χ0) is 18.2. The summed E-state index contributed by atoms with van der Waals surface area (Å²) < 4.78 is 5.83. The summed E-state index contributed by atoms with van der Waals surface area (Å²) in [5, 5.41) is 11.6. The smallest absolute Gasteiger partial charge is 0.317 e. The van der Waals surface area contributed by atoms with Crippen LogP contribution in [0.1, 0.15) is 25.3 Å². The largest absolute Gasteiger partial charge is 0.452 e. The van der Waals surface area contributed by atoms with Crippen LogP contribution in [0.3, 0.4) is 0 Å². The van der Waals surface area contributed by atoms with Crippen LogP contribution in [0.2, 0.25) is 0 Å². The number of hydrogen-bond donors (Lipinski definition) is 1. The molecule has 1 aromatic rings. The Hall–Kier alpha value is -2.11. The van der Waals surface area contributed by atoms with E-state index in [2.05, 4.69) is 10.2 Å². The molecule has 1 aliphatic heterocycles. The van der Waals surface area contributed by atoms with E-state index in [-0.39, 0.29) is 5.75 Å². The summed E-state index contributed by atoms with van der Waals surface area (Å²) in [6.45, 7) is 3.35. The van der Waals surface area contributed by atoms with Crippen LogP contribution < -0.4 is 5.32 Å². The maximum Gasteiger partial charge on any atom is 0.317 e. The van der Waals surface area contributed by atoms with E-state index in [1.165, 1.54) is 18.7 Å². The molecule has 0 saturated carbocycles. The Morgan fingerprint density at radius 3 is 2.76 bits per heavy atom. The Kier molecular flexibility index (Phi) is 7.22. The molecule has 8 heteroatoms. The van der Waals surface area contributed by atoms with Crippen LogP contribution in [-0.2, 0) is 14.3 Å². The maximum absolute atomic E-state index is 12.1. The molecule has 1 amide bonds. The second-order valence-corrected chi connectivity index (χ2v) is 7.14. The summed E-state index contributed by atoms with van der Waals surface area (Å²) in [7, 11) is 0. The lowest BCUT2D eigenvalue weighted by Gasteiger charge is -2.18. The van der Waals surface area contributed by atoms with Gasteiger partial charge < -0.3 is 15.0 Å². The highest BCUT2D eigenvalue weighted by Gasteiger charge is 2.21. The zero-order valence-corrected chi connectivity index (χ0v) is 15.5. The molecule has 2 rings (SSSR count). The monoisotopic (exact) mass is 377 g/mol. The lowest BCUT2D eigenvalue weighted by molar-refractivity contribution is -0.150. The number of esters is 1. The van der Waals surface area contributed by atoms with Crippen molar-refractivity contribution in [1.29, 1.82) is 5.26 Å². The fourth-order valence-corrected chi connectivity index (χ4v) is 3.35. The van der Waals surface area contributed by atoms with E-state index in [1.54, 1.807) is 24.3 Å². The topological polar surface area (TPSA) is 82.4 Å². The van der Waals surface area contributed by atoms with Crippen LogP contribution in [0.15, 0.2) is 24.3 Å². The van der Waals surface area contributed by atoms with Gasteiger partial charge in [-0.15, -0.1) is 0 Å². The minimum atomic E-state index is -0.958. The zero-order valence-electron chi connectivity index (χ0n) is 13.9. The number of anilines is 1. The van der Waals surface area contributed by atoms with Crippen molar-refractivity contribution < 1.29 is 14.3 Å². The predicted molar refractivity (Wildman–Crippen MR) is 101 cm³/mol. The number of para-hydroxylation sites is 1. The van der Waals surface area contributed by atoms with Gasteiger partial charge in [0.25, 0.3) is 5.91 Å². The summed E-state index contributed by atoms with van der Waals surface area (Å²) in [6.07, 6.45) is 1.28. The van der Waals surface area contributed by atoms with Gasteiger partial charge in [-0.1, -0.05) is 36.1 Å². The van der Waals surface area contributed by atoms with Gasteiger partial charge in [0, 0.05) is 13.1 Å². The molecule has 0 aliphatic carbocycles. The normalized spacial score (nSPS) is 14.5. The van der Waals surface area contributed by atoms with Crippen molar-refractivity contribution in [2.24, 2.45) is 0 Å². The van der Waals surface area contributed by atoms with Gasteiger partial charge in [-0.05, 0) is 31.9 Å². The van der Waals surface area contributed by atoms with Crippen molar-refractivity contribution in [3.05, 3.63) is 29.8 Å². The molecule has 0 radical (unpaired) electrons. The Bertz CT molecular complexity index is 697. The van der Waals surface area contributed by atoms with Gasteiger partial charge in [-0.2, -0.15) is 5.26 Å². The Labute approximate surface area is 156 Å². The summed E-state index contributed by atoms with van der Waals surface area (Å²) in [4.78, 5) is 26.1. The number of carbonyl (C=O) groups is 2. The van der Waals surface area contributed by atoms with Crippen LogP contribution >= 0.6 is 24.0 Å². The molecular formula is C17H19N3O3S2. The first-order valence-corrected chi connectivity index (χ1v) is 9.32. The molecule has 1 aliphatic rings. The molecule has 1 heterocycles. The quantitative estimate of drug-likeness (QED) is 0.624. The summed E-state index contributed by atoms with van der Waals surface area (Å²) in [6, 6.07) is 8.63. The second kappa shape index (κ2) is 9.39. The lowest BCUT2D eigenvalue weighted by atomic mass is 10.2. The molecule has 0 aromatic heterocycles. The van der Waals surface area contributed by atoms with E-state index >= 15 is 0 Å². The van der Waals surface area contributed by atoms with E-state index in [0.29, 0.717) is 15.6 Å². The van der Waals surface area contributed by atoms with Crippen molar-refractivity contribution in [3.8, 4) is 6.07 Å². The molecule has 132 valence electrons. The van der Waals surface area contributed by atoms with E-state index in [9.17, 15) is 9.59 Å². The average Bonchev–Trinajstić information content (AvgIpc) is 3.14. The number of thioether (sulfide) groups is 1. The molecule has 1 N–H and O–H groups in total. The number of benzene rings is 1. The average molecular weight is 377 g/mol. The summed E-state index contributed by atoms with van der Waals surface area (Å²) >= 11 is 6.54. The number of nitrogens with one attached hydrogen (secondary N) is 1. The Morgan fingerprint density at radius 1 is 1.40 bits per heavy atom. The molecule has 0 bridgehead atoms. The minimum Gasteiger partial charge on any atom is -0.452 e. The first-order valence-electron chi connectivity index (χ1n) is 7.92. The third-order valence-corrected chi connectivity index (χ3v) is 5.16. The number of rotatable bonds is 5. The number of nitrogens with zero attached hydrogens (tertiary/aromatic N) is 2. The van der Waals surface area contributed by atoms with E-state index < -0.39 is 18.0 Å². The number of nitriles is 1. The van der Waals surface area contributed by atoms with Crippen molar-refractivity contribution >= 4 is 45.9 Å². The highest BCUT2D eigenvalue weighted by Crippen LogP contribution is 2.17. The van der Waals surface area contributed by atoms with Crippen molar-refractivity contribution in [3.63, 3.8) is 0 Å². The molecule has 0 spiro atoms. The fraction of sp³-hybridized carbons (Fsp3) is 0.412. The van der Waals surface area contributed by atoms with Crippen LogP contribution in [0.5, 0.6) is 0 Å². The third-order valence-electron chi connectivity index (χ3n) is 3.66. The van der Waals surface area contributed by atoms with Gasteiger partial charge in [0.15, 0.2) is 6.10 Å².